The van der Waals surface area contributed by atoms with Crippen molar-refractivity contribution in [2.45, 2.75) is 37.5 Å². The molecule has 0 heterocycles. The van der Waals surface area contributed by atoms with Crippen LogP contribution in [-0.4, -0.2) is 29.0 Å². The van der Waals surface area contributed by atoms with E-state index in [0.717, 1.165) is 6.42 Å². The Labute approximate surface area is 78.5 Å². The Morgan fingerprint density at radius 3 is 2.50 bits per heavy atom. The van der Waals surface area contributed by atoms with Crippen molar-refractivity contribution in [1.82, 2.24) is 0 Å². The lowest BCUT2D eigenvalue weighted by Crippen LogP contribution is -2.42. The van der Waals surface area contributed by atoms with Gasteiger partial charge in [-0.05, 0) is 13.3 Å². The predicted molar refractivity (Wildman–Crippen MR) is 50.7 cm³/mol. The van der Waals surface area contributed by atoms with Gasteiger partial charge in [0.15, 0.2) is 0 Å². The molecule has 0 aliphatic rings. The van der Waals surface area contributed by atoms with E-state index in [1.165, 1.54) is 7.11 Å². The number of carbonyl (C=O) groups is 1. The summed E-state index contributed by atoms with van der Waals surface area (Å²) in [6.45, 7) is 3.54. The quantitative estimate of drug-likeness (QED) is 0.650. The van der Waals surface area contributed by atoms with Crippen LogP contribution in [0.2, 0.25) is 0 Å². The van der Waals surface area contributed by atoms with Gasteiger partial charge in [-0.3, -0.25) is 4.79 Å². The van der Waals surface area contributed by atoms with Crippen molar-refractivity contribution < 1.29 is 14.6 Å². The standard InChI is InChI=1S/C8H16O3S/c1-4-5-6(11-3)8(2,12)7(9)10/h6,12H,4-5H2,1-3H3,(H,9,10). The van der Waals surface area contributed by atoms with E-state index in [0.29, 0.717) is 6.42 Å². The van der Waals surface area contributed by atoms with Crippen molar-refractivity contribution in [3.05, 3.63) is 0 Å². The van der Waals surface area contributed by atoms with Gasteiger partial charge in [-0.15, -0.1) is 0 Å². The molecule has 0 fully saturated rings. The van der Waals surface area contributed by atoms with Gasteiger partial charge in [0, 0.05) is 7.11 Å². The van der Waals surface area contributed by atoms with Gasteiger partial charge in [-0.1, -0.05) is 13.3 Å². The van der Waals surface area contributed by atoms with Crippen LogP contribution in [0.5, 0.6) is 0 Å². The van der Waals surface area contributed by atoms with E-state index in [4.69, 9.17) is 9.84 Å². The fraction of sp³-hybridized carbons (Fsp3) is 0.875. The SMILES string of the molecule is CCCC(OC)C(C)(S)C(=O)O. The first kappa shape index (κ1) is 11.8. The molecule has 0 aromatic heterocycles. The molecular weight excluding hydrogens is 176 g/mol. The molecule has 2 unspecified atom stereocenters. The number of aliphatic carboxylic acids is 1. The highest BCUT2D eigenvalue weighted by Gasteiger charge is 2.37. The van der Waals surface area contributed by atoms with Gasteiger partial charge in [0.25, 0.3) is 0 Å². The van der Waals surface area contributed by atoms with E-state index < -0.39 is 10.7 Å². The van der Waals surface area contributed by atoms with E-state index in [-0.39, 0.29) is 6.10 Å². The third kappa shape index (κ3) is 2.68. The Kier molecular flexibility index (Phi) is 4.63. The lowest BCUT2D eigenvalue weighted by molar-refractivity contribution is -0.143. The average Bonchev–Trinajstić information content (AvgIpc) is 1.99. The van der Waals surface area contributed by atoms with Crippen LogP contribution < -0.4 is 0 Å². The number of ether oxygens (including phenoxy) is 1. The molecule has 0 bridgehead atoms. The van der Waals surface area contributed by atoms with Crippen molar-refractivity contribution >= 4 is 18.6 Å². The molecule has 0 saturated carbocycles. The number of rotatable bonds is 5. The van der Waals surface area contributed by atoms with E-state index in [2.05, 4.69) is 12.6 Å². The molecule has 0 spiro atoms. The third-order valence-corrected chi connectivity index (χ3v) is 2.37. The summed E-state index contributed by atoms with van der Waals surface area (Å²) in [5, 5.41) is 8.81. The van der Waals surface area contributed by atoms with Gasteiger partial charge >= 0.3 is 5.97 Å². The van der Waals surface area contributed by atoms with Crippen molar-refractivity contribution in [3.63, 3.8) is 0 Å². The third-order valence-electron chi connectivity index (χ3n) is 1.90. The minimum Gasteiger partial charge on any atom is -0.480 e. The van der Waals surface area contributed by atoms with Crippen LogP contribution >= 0.6 is 12.6 Å². The largest absolute Gasteiger partial charge is 0.480 e. The molecule has 3 nitrogen and oxygen atoms in total. The van der Waals surface area contributed by atoms with Gasteiger partial charge in [-0.2, -0.15) is 12.6 Å². The molecule has 2 atom stereocenters. The van der Waals surface area contributed by atoms with Crippen LogP contribution in [0.25, 0.3) is 0 Å². The summed E-state index contributed by atoms with van der Waals surface area (Å²) in [5.41, 5.74) is 0. The Balaban J connectivity index is 4.36. The molecule has 0 amide bonds. The Bertz CT molecular complexity index is 156. The average molecular weight is 192 g/mol. The first-order valence-corrected chi connectivity index (χ1v) is 4.40. The van der Waals surface area contributed by atoms with Gasteiger partial charge in [0.1, 0.15) is 4.75 Å². The van der Waals surface area contributed by atoms with E-state index in [9.17, 15) is 4.79 Å². The minimum absolute atomic E-state index is 0.330. The molecule has 0 rings (SSSR count). The second kappa shape index (κ2) is 4.72. The van der Waals surface area contributed by atoms with Crippen LogP contribution in [0.4, 0.5) is 0 Å². The van der Waals surface area contributed by atoms with Crippen LogP contribution in [0, 0.1) is 0 Å². The second-order valence-electron chi connectivity index (χ2n) is 2.97. The summed E-state index contributed by atoms with van der Waals surface area (Å²) in [7, 11) is 1.51. The second-order valence-corrected chi connectivity index (χ2v) is 3.89. The number of hydrogen-bond donors (Lipinski definition) is 2. The molecule has 4 heteroatoms. The zero-order valence-electron chi connectivity index (χ0n) is 7.70. The Hall–Kier alpha value is -0.220. The van der Waals surface area contributed by atoms with E-state index >= 15 is 0 Å². The monoisotopic (exact) mass is 192 g/mol. The first-order chi connectivity index (χ1) is 5.46. The summed E-state index contributed by atoms with van der Waals surface area (Å²) in [6, 6.07) is 0. The fourth-order valence-electron chi connectivity index (χ4n) is 1.03. The molecule has 0 aromatic rings. The van der Waals surface area contributed by atoms with Crippen molar-refractivity contribution in [3.8, 4) is 0 Å². The van der Waals surface area contributed by atoms with Crippen LogP contribution in [0.15, 0.2) is 0 Å². The lowest BCUT2D eigenvalue weighted by Gasteiger charge is -2.27. The molecule has 0 aliphatic carbocycles. The molecule has 0 radical (unpaired) electrons. The maximum atomic E-state index is 10.7. The summed E-state index contributed by atoms with van der Waals surface area (Å²) in [5.74, 6) is -0.939. The molecule has 0 saturated heterocycles. The van der Waals surface area contributed by atoms with E-state index in [1.54, 1.807) is 6.92 Å². The smallest absolute Gasteiger partial charge is 0.321 e. The lowest BCUT2D eigenvalue weighted by atomic mass is 10.00. The Morgan fingerprint density at radius 1 is 1.75 bits per heavy atom. The maximum Gasteiger partial charge on any atom is 0.321 e. The van der Waals surface area contributed by atoms with Gasteiger partial charge in [-0.25, -0.2) is 0 Å². The number of methoxy groups -OCH3 is 1. The summed E-state index contributed by atoms with van der Waals surface area (Å²) in [6.07, 6.45) is 1.27. The van der Waals surface area contributed by atoms with Crippen molar-refractivity contribution in [2.24, 2.45) is 0 Å². The highest BCUT2D eigenvalue weighted by Crippen LogP contribution is 2.24. The highest BCUT2D eigenvalue weighted by atomic mass is 32.1. The van der Waals surface area contributed by atoms with Crippen LogP contribution in [0.3, 0.4) is 0 Å². The summed E-state index contributed by atoms with van der Waals surface area (Å²) < 4.78 is 3.97. The number of thiol groups is 1. The minimum atomic E-state index is -1.09. The zero-order chi connectivity index (χ0) is 9.78. The van der Waals surface area contributed by atoms with Gasteiger partial charge in [0.05, 0.1) is 6.10 Å². The zero-order valence-corrected chi connectivity index (χ0v) is 8.60. The fourth-order valence-corrected chi connectivity index (χ4v) is 1.26. The Morgan fingerprint density at radius 2 is 2.25 bits per heavy atom. The molecule has 12 heavy (non-hydrogen) atoms. The molecule has 0 aliphatic heterocycles. The molecular formula is C8H16O3S. The maximum absolute atomic E-state index is 10.7. The topological polar surface area (TPSA) is 46.5 Å². The molecule has 0 aromatic carbocycles. The predicted octanol–water partition coefficient (Wildman–Crippen LogP) is 1.57. The van der Waals surface area contributed by atoms with Crippen LogP contribution in [-0.2, 0) is 9.53 Å². The number of carboxylic acid groups (broad SMARTS) is 1. The molecule has 72 valence electrons. The normalized spacial score (nSPS) is 18.3. The van der Waals surface area contributed by atoms with Gasteiger partial charge in [0.2, 0.25) is 0 Å². The van der Waals surface area contributed by atoms with Crippen molar-refractivity contribution in [1.29, 1.82) is 0 Å². The highest BCUT2D eigenvalue weighted by molar-refractivity contribution is 7.82. The van der Waals surface area contributed by atoms with Gasteiger partial charge < -0.3 is 9.84 Å². The molecule has 1 N–H and O–H groups in total. The van der Waals surface area contributed by atoms with Crippen molar-refractivity contribution in [2.75, 3.05) is 7.11 Å². The van der Waals surface area contributed by atoms with E-state index in [1.807, 2.05) is 6.92 Å². The number of carboxylic acids is 1. The first-order valence-electron chi connectivity index (χ1n) is 3.95. The summed E-state index contributed by atoms with van der Waals surface area (Å²) in [4.78, 5) is 10.7. The number of hydrogen-bond acceptors (Lipinski definition) is 3. The van der Waals surface area contributed by atoms with Crippen LogP contribution in [0.1, 0.15) is 26.7 Å². The summed E-state index contributed by atoms with van der Waals surface area (Å²) >= 11 is 4.07.